The van der Waals surface area contributed by atoms with Gasteiger partial charge in [0.05, 0.1) is 26.0 Å². The van der Waals surface area contributed by atoms with Crippen LogP contribution in [0.15, 0.2) is 17.4 Å². The smallest absolute Gasteiger partial charge is 0.191 e. The third kappa shape index (κ3) is 6.93. The van der Waals surface area contributed by atoms with Crippen LogP contribution < -0.4 is 10.6 Å². The number of morpholine rings is 1. The number of nitrogens with zero attached hydrogens (tertiary/aromatic N) is 4. The van der Waals surface area contributed by atoms with Crippen LogP contribution in [0.5, 0.6) is 0 Å². The average molecular weight is 367 g/mol. The largest absolute Gasteiger partial charge is 0.383 e. The Morgan fingerprint density at radius 1 is 1.35 bits per heavy atom. The molecular weight excluding hydrogens is 332 g/mol. The third-order valence-electron chi connectivity index (χ3n) is 4.51. The molecule has 0 saturated carbocycles. The summed E-state index contributed by atoms with van der Waals surface area (Å²) >= 11 is 0. The predicted molar refractivity (Wildman–Crippen MR) is 103 cm³/mol. The van der Waals surface area contributed by atoms with E-state index in [0.29, 0.717) is 0 Å². The van der Waals surface area contributed by atoms with Gasteiger partial charge in [0.25, 0.3) is 0 Å². The molecule has 1 unspecified atom stereocenters. The second kappa shape index (κ2) is 10.5. The summed E-state index contributed by atoms with van der Waals surface area (Å²) < 4.78 is 7.06. The number of nitrogens with one attached hydrogen (secondary N) is 2. The van der Waals surface area contributed by atoms with Crippen molar-refractivity contribution in [2.45, 2.75) is 32.3 Å². The van der Waals surface area contributed by atoms with Crippen LogP contribution in [0.3, 0.4) is 0 Å². The summed E-state index contributed by atoms with van der Waals surface area (Å²) in [6.07, 6.45) is 5.74. The lowest BCUT2D eigenvalue weighted by Crippen LogP contribution is -2.40. The summed E-state index contributed by atoms with van der Waals surface area (Å²) in [4.78, 5) is 6.99. The van der Waals surface area contributed by atoms with Crippen molar-refractivity contribution in [2.75, 3.05) is 52.5 Å². The normalized spacial score (nSPS) is 18.5. The fourth-order valence-electron chi connectivity index (χ4n) is 2.86. The minimum Gasteiger partial charge on any atom is -0.383 e. The van der Waals surface area contributed by atoms with Gasteiger partial charge in [0.15, 0.2) is 5.96 Å². The summed E-state index contributed by atoms with van der Waals surface area (Å²) in [5, 5.41) is 21.3. The molecule has 148 valence electrons. The van der Waals surface area contributed by atoms with E-state index in [1.165, 1.54) is 0 Å². The molecule has 1 aliphatic rings. The van der Waals surface area contributed by atoms with E-state index in [4.69, 9.17) is 4.74 Å². The Bertz CT molecular complexity index is 552. The van der Waals surface area contributed by atoms with Gasteiger partial charge in [-0.25, -0.2) is 4.99 Å². The zero-order valence-corrected chi connectivity index (χ0v) is 16.4. The first-order valence-electron chi connectivity index (χ1n) is 9.55. The number of hydrogen-bond donors (Lipinski definition) is 3. The van der Waals surface area contributed by atoms with E-state index >= 15 is 0 Å². The summed E-state index contributed by atoms with van der Waals surface area (Å²) in [5.41, 5.74) is -0.266. The van der Waals surface area contributed by atoms with Crippen molar-refractivity contribution in [3.8, 4) is 0 Å². The third-order valence-corrected chi connectivity index (χ3v) is 4.51. The van der Waals surface area contributed by atoms with Crippen LogP contribution >= 0.6 is 0 Å². The molecule has 2 heterocycles. The zero-order chi connectivity index (χ0) is 18.8. The van der Waals surface area contributed by atoms with Gasteiger partial charge >= 0.3 is 0 Å². The van der Waals surface area contributed by atoms with Crippen LogP contribution in [0.25, 0.3) is 0 Å². The van der Waals surface area contributed by atoms with Gasteiger partial charge in [-0.1, -0.05) is 0 Å². The number of aromatic nitrogens is 2. The fraction of sp³-hybridized carbons (Fsp3) is 0.778. The highest BCUT2D eigenvalue weighted by molar-refractivity contribution is 5.79. The summed E-state index contributed by atoms with van der Waals surface area (Å²) in [6, 6.07) is 0. The first-order chi connectivity index (χ1) is 12.5. The molecule has 1 saturated heterocycles. The minimum absolute atomic E-state index is 0.280. The molecule has 1 aromatic rings. The van der Waals surface area contributed by atoms with Gasteiger partial charge in [0, 0.05) is 45.0 Å². The monoisotopic (exact) mass is 366 g/mol. The quantitative estimate of drug-likeness (QED) is 0.331. The Hall–Kier alpha value is -1.64. The maximum atomic E-state index is 10.6. The van der Waals surface area contributed by atoms with Gasteiger partial charge in [-0.05, 0) is 33.2 Å². The summed E-state index contributed by atoms with van der Waals surface area (Å²) in [6.45, 7) is 10.6. The predicted octanol–water partition coefficient (Wildman–Crippen LogP) is 0.295. The number of guanidine groups is 1. The molecule has 0 bridgehead atoms. The number of rotatable bonds is 9. The first-order valence-corrected chi connectivity index (χ1v) is 9.55. The Morgan fingerprint density at radius 2 is 2.12 bits per heavy atom. The van der Waals surface area contributed by atoms with E-state index < -0.39 is 5.60 Å². The molecule has 1 aliphatic heterocycles. The Labute approximate surface area is 156 Å². The molecule has 2 rings (SSSR count). The zero-order valence-electron chi connectivity index (χ0n) is 16.4. The number of aliphatic imine (C=N–C) groups is 1. The number of hydrogen-bond acceptors (Lipinski definition) is 5. The van der Waals surface area contributed by atoms with Crippen molar-refractivity contribution >= 4 is 5.96 Å². The van der Waals surface area contributed by atoms with Gasteiger partial charge in [0.1, 0.15) is 5.60 Å². The number of ether oxygens (including phenoxy) is 1. The van der Waals surface area contributed by atoms with E-state index in [9.17, 15) is 5.11 Å². The van der Waals surface area contributed by atoms with E-state index in [0.717, 1.165) is 70.3 Å². The molecule has 0 aliphatic carbocycles. The summed E-state index contributed by atoms with van der Waals surface area (Å²) in [7, 11) is 1.84. The standard InChI is InChI=1S/C18H34N6O2/c1-4-19-17(20-7-5-6-8-24-9-11-26-12-10-24)21-15-18(2,25)16-13-22-23(3)14-16/h13-14,25H,4-12,15H2,1-3H3,(H2,19,20,21). The molecule has 1 atom stereocenters. The highest BCUT2D eigenvalue weighted by Gasteiger charge is 2.24. The molecule has 0 spiro atoms. The van der Waals surface area contributed by atoms with Gasteiger partial charge in [-0.2, -0.15) is 5.10 Å². The molecule has 26 heavy (non-hydrogen) atoms. The van der Waals surface area contributed by atoms with Crippen LogP contribution in [-0.2, 0) is 17.4 Å². The van der Waals surface area contributed by atoms with Gasteiger partial charge in [-0.3, -0.25) is 9.58 Å². The van der Waals surface area contributed by atoms with E-state index in [-0.39, 0.29) is 6.54 Å². The number of aliphatic hydroxyl groups is 1. The van der Waals surface area contributed by atoms with Gasteiger partial charge in [-0.15, -0.1) is 0 Å². The fourth-order valence-corrected chi connectivity index (χ4v) is 2.86. The van der Waals surface area contributed by atoms with E-state index in [1.807, 2.05) is 20.2 Å². The van der Waals surface area contributed by atoms with Crippen molar-refractivity contribution in [1.29, 1.82) is 0 Å². The highest BCUT2D eigenvalue weighted by atomic mass is 16.5. The lowest BCUT2D eigenvalue weighted by molar-refractivity contribution is 0.0372. The van der Waals surface area contributed by atoms with Crippen LogP contribution in [0.1, 0.15) is 32.3 Å². The minimum atomic E-state index is -1.03. The molecular formula is C18H34N6O2. The molecule has 0 radical (unpaired) electrons. The molecule has 1 fully saturated rings. The van der Waals surface area contributed by atoms with Crippen LogP contribution in [0.2, 0.25) is 0 Å². The number of aryl methyl sites for hydroxylation is 1. The molecule has 8 heteroatoms. The van der Waals surface area contributed by atoms with Crippen LogP contribution in [-0.4, -0.2) is 78.2 Å². The van der Waals surface area contributed by atoms with Crippen molar-refractivity contribution < 1.29 is 9.84 Å². The SMILES string of the molecule is CCNC(=NCC(C)(O)c1cnn(C)c1)NCCCCN1CCOCC1. The van der Waals surface area contributed by atoms with Gasteiger partial charge < -0.3 is 20.5 Å². The Balaban J connectivity index is 1.73. The van der Waals surface area contributed by atoms with Crippen molar-refractivity contribution in [3.05, 3.63) is 18.0 Å². The Kier molecular flexibility index (Phi) is 8.34. The maximum absolute atomic E-state index is 10.6. The summed E-state index contributed by atoms with van der Waals surface area (Å²) in [5.74, 6) is 0.739. The van der Waals surface area contributed by atoms with Gasteiger partial charge in [0.2, 0.25) is 0 Å². The lowest BCUT2D eigenvalue weighted by Gasteiger charge is -2.26. The van der Waals surface area contributed by atoms with Crippen LogP contribution in [0, 0.1) is 0 Å². The van der Waals surface area contributed by atoms with E-state index in [2.05, 4.69) is 25.6 Å². The first kappa shape index (κ1) is 20.7. The van der Waals surface area contributed by atoms with Crippen molar-refractivity contribution in [1.82, 2.24) is 25.3 Å². The van der Waals surface area contributed by atoms with Crippen molar-refractivity contribution in [3.63, 3.8) is 0 Å². The lowest BCUT2D eigenvalue weighted by atomic mass is 10.0. The number of unbranched alkanes of at least 4 members (excludes halogenated alkanes) is 1. The Morgan fingerprint density at radius 3 is 2.77 bits per heavy atom. The molecule has 8 nitrogen and oxygen atoms in total. The average Bonchev–Trinajstić information content (AvgIpc) is 3.07. The molecule has 1 aromatic heterocycles. The topological polar surface area (TPSA) is 86.9 Å². The second-order valence-corrected chi connectivity index (χ2v) is 6.96. The van der Waals surface area contributed by atoms with Crippen molar-refractivity contribution in [2.24, 2.45) is 12.0 Å². The second-order valence-electron chi connectivity index (χ2n) is 6.96. The molecule has 3 N–H and O–H groups in total. The molecule has 0 aromatic carbocycles. The molecule has 0 amide bonds. The highest BCUT2D eigenvalue weighted by Crippen LogP contribution is 2.19. The van der Waals surface area contributed by atoms with Crippen LogP contribution in [0.4, 0.5) is 0 Å². The maximum Gasteiger partial charge on any atom is 0.191 e. The van der Waals surface area contributed by atoms with E-state index in [1.54, 1.807) is 17.8 Å².